The number of methoxy groups -OCH3 is 1. The molecule has 8 heteroatoms. The zero-order valence-electron chi connectivity index (χ0n) is 12.3. The monoisotopic (exact) mass is 303 g/mol. The normalized spacial score (nSPS) is 15.0. The van der Waals surface area contributed by atoms with Crippen molar-refractivity contribution in [3.63, 3.8) is 0 Å². The zero-order valence-corrected chi connectivity index (χ0v) is 12.3. The first-order valence-corrected chi connectivity index (χ1v) is 7.10. The van der Waals surface area contributed by atoms with Crippen LogP contribution in [0.1, 0.15) is 29.1 Å². The number of nitrogens with one attached hydrogen (secondary N) is 1. The Morgan fingerprint density at radius 1 is 1.36 bits per heavy atom. The van der Waals surface area contributed by atoms with E-state index in [1.807, 2.05) is 0 Å². The maximum absolute atomic E-state index is 12.1. The van der Waals surface area contributed by atoms with Gasteiger partial charge in [-0.2, -0.15) is 0 Å². The highest BCUT2D eigenvalue weighted by Gasteiger charge is 2.17. The number of likely N-dealkylation sites (tertiary alicyclic amines) is 1. The standard InChI is InChI=1S/C14H17N5O3/c1-21-13-7-12(15-9-16-13)17-14(20)11-6-10(22-18-11)8-19-4-2-3-5-19/h6-7,9H,2-5,8H2,1H3,(H,15,16,17,20). The molecule has 2 aromatic rings. The van der Waals surface area contributed by atoms with Gasteiger partial charge in [0.15, 0.2) is 11.5 Å². The Balaban J connectivity index is 1.63. The van der Waals surface area contributed by atoms with Gasteiger partial charge in [-0.05, 0) is 25.9 Å². The van der Waals surface area contributed by atoms with E-state index in [1.54, 1.807) is 6.07 Å². The van der Waals surface area contributed by atoms with Crippen LogP contribution >= 0.6 is 0 Å². The molecular weight excluding hydrogens is 286 g/mol. The topological polar surface area (TPSA) is 93.4 Å². The molecule has 8 nitrogen and oxygen atoms in total. The second kappa shape index (κ2) is 6.52. The molecule has 3 heterocycles. The predicted octanol–water partition coefficient (Wildman–Crippen LogP) is 1.32. The van der Waals surface area contributed by atoms with Crippen molar-refractivity contribution in [2.24, 2.45) is 0 Å². The Hall–Kier alpha value is -2.48. The molecule has 1 amide bonds. The lowest BCUT2D eigenvalue weighted by Crippen LogP contribution is -2.18. The van der Waals surface area contributed by atoms with Crippen LogP contribution in [0.15, 0.2) is 23.0 Å². The lowest BCUT2D eigenvalue weighted by Gasteiger charge is -2.10. The van der Waals surface area contributed by atoms with Crippen molar-refractivity contribution < 1.29 is 14.1 Å². The fourth-order valence-corrected chi connectivity index (χ4v) is 2.36. The summed E-state index contributed by atoms with van der Waals surface area (Å²) in [4.78, 5) is 22.2. The van der Waals surface area contributed by atoms with Crippen LogP contribution in [0.4, 0.5) is 5.82 Å². The first-order chi connectivity index (χ1) is 10.7. The van der Waals surface area contributed by atoms with E-state index in [4.69, 9.17) is 9.26 Å². The number of carbonyl (C=O) groups excluding carboxylic acids is 1. The third-order valence-corrected chi connectivity index (χ3v) is 3.46. The van der Waals surface area contributed by atoms with Crippen molar-refractivity contribution in [2.45, 2.75) is 19.4 Å². The van der Waals surface area contributed by atoms with E-state index < -0.39 is 0 Å². The van der Waals surface area contributed by atoms with Gasteiger partial charge in [0.05, 0.1) is 13.7 Å². The number of rotatable bonds is 5. The highest BCUT2D eigenvalue weighted by molar-refractivity contribution is 6.02. The van der Waals surface area contributed by atoms with Gasteiger partial charge in [0.1, 0.15) is 12.1 Å². The van der Waals surface area contributed by atoms with Crippen LogP contribution in [0.5, 0.6) is 5.88 Å². The van der Waals surface area contributed by atoms with Crippen LogP contribution in [-0.2, 0) is 6.54 Å². The molecule has 1 aliphatic heterocycles. The Kier molecular flexibility index (Phi) is 4.29. The number of ether oxygens (including phenoxy) is 1. The molecular formula is C14H17N5O3. The minimum Gasteiger partial charge on any atom is -0.481 e. The minimum absolute atomic E-state index is 0.228. The highest BCUT2D eigenvalue weighted by Crippen LogP contribution is 2.15. The molecule has 0 radical (unpaired) electrons. The predicted molar refractivity (Wildman–Crippen MR) is 77.6 cm³/mol. The van der Waals surface area contributed by atoms with Crippen molar-refractivity contribution in [3.8, 4) is 5.88 Å². The summed E-state index contributed by atoms with van der Waals surface area (Å²) in [5, 5.41) is 6.44. The Bertz CT molecular complexity index is 651. The van der Waals surface area contributed by atoms with E-state index in [2.05, 4.69) is 25.3 Å². The van der Waals surface area contributed by atoms with Crippen LogP contribution in [0.3, 0.4) is 0 Å². The molecule has 116 valence electrons. The second-order valence-corrected chi connectivity index (χ2v) is 5.06. The summed E-state index contributed by atoms with van der Waals surface area (Å²) >= 11 is 0. The second-order valence-electron chi connectivity index (χ2n) is 5.06. The highest BCUT2D eigenvalue weighted by atomic mass is 16.5. The van der Waals surface area contributed by atoms with Gasteiger partial charge >= 0.3 is 0 Å². The van der Waals surface area contributed by atoms with Gasteiger partial charge in [-0.3, -0.25) is 9.69 Å². The molecule has 0 saturated carbocycles. The summed E-state index contributed by atoms with van der Waals surface area (Å²) in [5.74, 6) is 1.03. The molecule has 0 aromatic carbocycles. The van der Waals surface area contributed by atoms with Crippen LogP contribution in [0, 0.1) is 0 Å². The third-order valence-electron chi connectivity index (χ3n) is 3.46. The molecule has 22 heavy (non-hydrogen) atoms. The molecule has 1 N–H and O–H groups in total. The lowest BCUT2D eigenvalue weighted by molar-refractivity contribution is 0.101. The van der Waals surface area contributed by atoms with Crippen molar-refractivity contribution in [2.75, 3.05) is 25.5 Å². The number of anilines is 1. The maximum Gasteiger partial charge on any atom is 0.279 e. The van der Waals surface area contributed by atoms with E-state index in [0.717, 1.165) is 13.1 Å². The number of nitrogens with zero attached hydrogens (tertiary/aromatic N) is 4. The smallest absolute Gasteiger partial charge is 0.279 e. The van der Waals surface area contributed by atoms with Crippen LogP contribution in [-0.4, -0.2) is 46.1 Å². The summed E-state index contributed by atoms with van der Waals surface area (Å²) in [5.41, 5.74) is 0.228. The van der Waals surface area contributed by atoms with Gasteiger partial charge in [0, 0.05) is 12.1 Å². The Morgan fingerprint density at radius 3 is 2.95 bits per heavy atom. The summed E-state index contributed by atoms with van der Waals surface area (Å²) in [6.07, 6.45) is 3.73. The van der Waals surface area contributed by atoms with Gasteiger partial charge in [-0.15, -0.1) is 0 Å². The molecule has 1 aliphatic rings. The van der Waals surface area contributed by atoms with Gasteiger partial charge in [-0.1, -0.05) is 5.16 Å². The van der Waals surface area contributed by atoms with Crippen molar-refractivity contribution >= 4 is 11.7 Å². The number of amides is 1. The van der Waals surface area contributed by atoms with Crippen molar-refractivity contribution in [3.05, 3.63) is 29.9 Å². The number of hydrogen-bond acceptors (Lipinski definition) is 7. The Labute approximate surface area is 127 Å². The summed E-state index contributed by atoms with van der Waals surface area (Å²) in [6.45, 7) is 2.80. The molecule has 3 rings (SSSR count). The first kappa shape index (κ1) is 14.5. The number of carbonyl (C=O) groups is 1. The fraction of sp³-hybridized carbons (Fsp3) is 0.429. The van der Waals surface area contributed by atoms with E-state index in [9.17, 15) is 4.79 Å². The molecule has 0 unspecified atom stereocenters. The third kappa shape index (κ3) is 3.40. The summed E-state index contributed by atoms with van der Waals surface area (Å²) < 4.78 is 10.2. The minimum atomic E-state index is -0.378. The van der Waals surface area contributed by atoms with Gasteiger partial charge in [0.25, 0.3) is 5.91 Å². The molecule has 0 spiro atoms. The lowest BCUT2D eigenvalue weighted by atomic mass is 10.3. The molecule has 2 aromatic heterocycles. The van der Waals surface area contributed by atoms with Crippen LogP contribution in [0.25, 0.3) is 0 Å². The number of hydrogen-bond donors (Lipinski definition) is 1. The van der Waals surface area contributed by atoms with Gasteiger partial charge in [0.2, 0.25) is 5.88 Å². The summed E-state index contributed by atoms with van der Waals surface area (Å²) in [6, 6.07) is 3.19. The average molecular weight is 303 g/mol. The first-order valence-electron chi connectivity index (χ1n) is 7.10. The van der Waals surface area contributed by atoms with Gasteiger partial charge in [-0.25, -0.2) is 9.97 Å². The van der Waals surface area contributed by atoms with E-state index in [-0.39, 0.29) is 11.6 Å². The fourth-order valence-electron chi connectivity index (χ4n) is 2.36. The maximum atomic E-state index is 12.1. The van der Waals surface area contributed by atoms with E-state index in [0.29, 0.717) is 24.0 Å². The number of aromatic nitrogens is 3. The van der Waals surface area contributed by atoms with Gasteiger partial charge < -0.3 is 14.6 Å². The van der Waals surface area contributed by atoms with Crippen LogP contribution in [0.2, 0.25) is 0 Å². The quantitative estimate of drug-likeness (QED) is 0.890. The van der Waals surface area contributed by atoms with Crippen molar-refractivity contribution in [1.29, 1.82) is 0 Å². The Morgan fingerprint density at radius 2 is 2.18 bits per heavy atom. The van der Waals surface area contributed by atoms with E-state index in [1.165, 1.54) is 32.3 Å². The average Bonchev–Trinajstić information content (AvgIpc) is 3.20. The van der Waals surface area contributed by atoms with Crippen molar-refractivity contribution in [1.82, 2.24) is 20.0 Å². The largest absolute Gasteiger partial charge is 0.481 e. The van der Waals surface area contributed by atoms with E-state index >= 15 is 0 Å². The van der Waals surface area contributed by atoms with Crippen LogP contribution < -0.4 is 10.1 Å². The molecule has 0 aliphatic carbocycles. The molecule has 1 saturated heterocycles. The molecule has 0 atom stereocenters. The SMILES string of the molecule is COc1cc(NC(=O)c2cc(CN3CCCC3)on2)ncn1. The molecule has 1 fully saturated rings. The molecule has 0 bridgehead atoms. The summed E-state index contributed by atoms with van der Waals surface area (Å²) in [7, 11) is 1.50. The zero-order chi connectivity index (χ0) is 15.4.